The molecule has 0 saturated carbocycles. The summed E-state index contributed by atoms with van der Waals surface area (Å²) in [5.41, 5.74) is 10.2. The van der Waals surface area contributed by atoms with Crippen molar-refractivity contribution in [3.63, 3.8) is 0 Å². The fraction of sp³-hybridized carbons (Fsp3) is 0.429. The third-order valence-electron chi connectivity index (χ3n) is 5.24. The van der Waals surface area contributed by atoms with Crippen molar-refractivity contribution in [2.24, 2.45) is 5.73 Å². The highest BCUT2D eigenvalue weighted by atomic mass is 15.2. The zero-order valence-electron chi connectivity index (χ0n) is 16.1. The molecule has 136 valence electrons. The summed E-state index contributed by atoms with van der Waals surface area (Å²) in [7, 11) is 0. The summed E-state index contributed by atoms with van der Waals surface area (Å²) < 4.78 is 7.80. The molecule has 0 amide bonds. The van der Waals surface area contributed by atoms with E-state index in [9.17, 15) is 0 Å². The van der Waals surface area contributed by atoms with Gasteiger partial charge in [-0.15, -0.1) is 0 Å². The van der Waals surface area contributed by atoms with Gasteiger partial charge in [-0.1, -0.05) is 18.2 Å². The maximum absolute atomic E-state index is 7.80. The molecule has 5 heteroatoms. The van der Waals surface area contributed by atoms with Crippen molar-refractivity contribution >= 4 is 11.0 Å². The van der Waals surface area contributed by atoms with Crippen molar-refractivity contribution in [3.8, 4) is 0 Å². The van der Waals surface area contributed by atoms with Crippen molar-refractivity contribution in [1.82, 2.24) is 19.9 Å². The predicted molar refractivity (Wildman–Crippen MR) is 105 cm³/mol. The minimum absolute atomic E-state index is 0.327. The molecular formula is C21H27N5. The Balaban J connectivity index is 1.60. The monoisotopic (exact) mass is 350 g/mol. The molecule has 3 N–H and O–H groups in total. The van der Waals surface area contributed by atoms with Crippen LogP contribution in [0, 0.1) is 0 Å². The lowest BCUT2D eigenvalue weighted by Crippen LogP contribution is -2.33. The Bertz CT molecular complexity index is 906. The molecule has 0 aliphatic heterocycles. The maximum Gasteiger partial charge on any atom is 0.121 e. The van der Waals surface area contributed by atoms with Gasteiger partial charge in [-0.25, -0.2) is 4.98 Å². The average Bonchev–Trinajstić information content (AvgIpc) is 3.08. The average molecular weight is 350 g/mol. The Kier molecular flexibility index (Phi) is 4.90. The molecule has 26 heavy (non-hydrogen) atoms. The molecule has 0 unspecified atom stereocenters. The number of nitrogens with zero attached hydrogens (tertiary/aromatic N) is 3. The van der Waals surface area contributed by atoms with E-state index in [-0.39, 0.29) is 0 Å². The zero-order chi connectivity index (χ0) is 18.6. The standard InChI is InChI=1S/C21H27N5/c22-12-3-4-14-26(15-20-24-17-9-1-2-10-18(17)25-20)19-11-5-7-16-8-6-13-23-21(16)19/h1-2,6,8-10,13,19H,3-5,7,11-12,14-15,22H2,(H,24,25)/t19-/m0/s1/i1D. The molecule has 1 aliphatic carbocycles. The molecule has 0 bridgehead atoms. The van der Waals surface area contributed by atoms with E-state index in [1.807, 2.05) is 24.4 Å². The Morgan fingerprint density at radius 3 is 3.15 bits per heavy atom. The smallest absolute Gasteiger partial charge is 0.121 e. The molecule has 3 aromatic rings. The number of benzene rings is 1. The van der Waals surface area contributed by atoms with Crippen LogP contribution < -0.4 is 5.73 Å². The van der Waals surface area contributed by atoms with Crippen LogP contribution in [0.1, 0.15) is 50.2 Å². The normalized spacial score (nSPS) is 17.5. The van der Waals surface area contributed by atoms with E-state index in [0.717, 1.165) is 62.2 Å². The molecule has 1 atom stereocenters. The number of rotatable bonds is 7. The van der Waals surface area contributed by atoms with Gasteiger partial charge in [0, 0.05) is 6.20 Å². The number of unbranched alkanes of at least 4 members (excludes halogenated alkanes) is 1. The molecule has 5 nitrogen and oxygen atoms in total. The maximum atomic E-state index is 7.80. The van der Waals surface area contributed by atoms with Crippen molar-refractivity contribution in [3.05, 3.63) is 59.7 Å². The molecule has 4 rings (SSSR count). The minimum atomic E-state index is 0.327. The summed E-state index contributed by atoms with van der Waals surface area (Å²) in [5.74, 6) is 0.950. The van der Waals surface area contributed by atoms with Gasteiger partial charge in [-0.2, -0.15) is 0 Å². The molecule has 2 aromatic heterocycles. The lowest BCUT2D eigenvalue weighted by Gasteiger charge is -2.34. The molecule has 0 fully saturated rings. The van der Waals surface area contributed by atoms with Crippen molar-refractivity contribution < 1.29 is 1.37 Å². The van der Waals surface area contributed by atoms with Crippen LogP contribution in [0.2, 0.25) is 0 Å². The number of imidazole rings is 1. The molecule has 0 radical (unpaired) electrons. The van der Waals surface area contributed by atoms with Crippen LogP contribution in [0.4, 0.5) is 0 Å². The van der Waals surface area contributed by atoms with Crippen molar-refractivity contribution in [1.29, 1.82) is 0 Å². The summed E-state index contributed by atoms with van der Waals surface area (Å²) in [6, 6.07) is 10.6. The number of nitrogens with two attached hydrogens (primary N) is 1. The number of hydrogen-bond acceptors (Lipinski definition) is 4. The fourth-order valence-electron chi connectivity index (χ4n) is 3.96. The second kappa shape index (κ2) is 7.98. The van der Waals surface area contributed by atoms with E-state index >= 15 is 0 Å². The SMILES string of the molecule is [2H]c1ccc2[nH]c(CN(CCCCN)[C@H]3CCCc4cccnc43)nc2c1. The van der Waals surface area contributed by atoms with Crippen LogP contribution in [0.25, 0.3) is 11.0 Å². The summed E-state index contributed by atoms with van der Waals surface area (Å²) in [6.07, 6.45) is 7.45. The van der Waals surface area contributed by atoms with Crippen molar-refractivity contribution in [2.75, 3.05) is 13.1 Å². The van der Waals surface area contributed by atoms with E-state index in [1.165, 1.54) is 17.7 Å². The second-order valence-corrected chi connectivity index (χ2v) is 7.05. The van der Waals surface area contributed by atoms with Gasteiger partial charge in [0.05, 0.1) is 30.7 Å². The van der Waals surface area contributed by atoms with E-state index in [2.05, 4.69) is 16.0 Å². The first-order chi connectivity index (χ1) is 13.2. The third-order valence-corrected chi connectivity index (χ3v) is 5.24. The van der Waals surface area contributed by atoms with Crippen LogP contribution in [0.5, 0.6) is 0 Å². The first-order valence-corrected chi connectivity index (χ1v) is 9.58. The van der Waals surface area contributed by atoms with Gasteiger partial charge in [0.15, 0.2) is 0 Å². The van der Waals surface area contributed by atoms with E-state index in [4.69, 9.17) is 17.1 Å². The topological polar surface area (TPSA) is 70.8 Å². The summed E-state index contributed by atoms with van der Waals surface area (Å²) in [4.78, 5) is 15.4. The number of fused-ring (bicyclic) bond motifs is 2. The van der Waals surface area contributed by atoms with Gasteiger partial charge in [-0.05, 0) is 69.0 Å². The van der Waals surface area contributed by atoms with Crippen LogP contribution in [0.15, 0.2) is 42.6 Å². The van der Waals surface area contributed by atoms with Gasteiger partial charge < -0.3 is 10.7 Å². The van der Waals surface area contributed by atoms with Gasteiger partial charge in [0.1, 0.15) is 5.82 Å². The summed E-state index contributed by atoms with van der Waals surface area (Å²) >= 11 is 0. The van der Waals surface area contributed by atoms with Crippen LogP contribution in [0.3, 0.4) is 0 Å². The lowest BCUT2D eigenvalue weighted by atomic mass is 9.90. The van der Waals surface area contributed by atoms with E-state index < -0.39 is 0 Å². The number of nitrogens with one attached hydrogen (secondary N) is 1. The van der Waals surface area contributed by atoms with Crippen molar-refractivity contribution in [2.45, 2.75) is 44.7 Å². The summed E-state index contributed by atoms with van der Waals surface area (Å²) in [6.45, 7) is 2.47. The Labute approximate surface area is 156 Å². The molecule has 2 heterocycles. The molecule has 1 aliphatic rings. The zero-order valence-corrected chi connectivity index (χ0v) is 15.1. The molecule has 0 spiro atoms. The Morgan fingerprint density at radius 1 is 1.27 bits per heavy atom. The Morgan fingerprint density at radius 2 is 2.23 bits per heavy atom. The molecular weight excluding hydrogens is 322 g/mol. The largest absolute Gasteiger partial charge is 0.341 e. The lowest BCUT2D eigenvalue weighted by molar-refractivity contribution is 0.159. The predicted octanol–water partition coefficient (Wildman–Crippen LogP) is 3.58. The molecule has 0 saturated heterocycles. The Hall–Kier alpha value is -2.24. The van der Waals surface area contributed by atoms with Gasteiger partial charge in [0.2, 0.25) is 0 Å². The first-order valence-electron chi connectivity index (χ1n) is 10.1. The number of H-pyrrole nitrogens is 1. The minimum Gasteiger partial charge on any atom is -0.341 e. The van der Waals surface area contributed by atoms with Crippen LogP contribution in [-0.4, -0.2) is 32.9 Å². The van der Waals surface area contributed by atoms with Gasteiger partial charge in [-0.3, -0.25) is 9.88 Å². The number of pyridine rings is 1. The number of aromatic amines is 1. The first kappa shape index (κ1) is 16.0. The summed E-state index contributed by atoms with van der Waals surface area (Å²) in [5, 5.41) is 0. The number of aryl methyl sites for hydroxylation is 1. The fourth-order valence-corrected chi connectivity index (χ4v) is 3.96. The quantitative estimate of drug-likeness (QED) is 0.639. The van der Waals surface area contributed by atoms with Gasteiger partial charge in [0.25, 0.3) is 0 Å². The highest BCUT2D eigenvalue weighted by Crippen LogP contribution is 2.33. The highest BCUT2D eigenvalue weighted by Gasteiger charge is 2.27. The number of aromatic nitrogens is 3. The number of para-hydroxylation sites is 2. The molecule has 1 aromatic carbocycles. The second-order valence-electron chi connectivity index (χ2n) is 7.05. The van der Waals surface area contributed by atoms with E-state index in [1.54, 1.807) is 6.07 Å². The number of hydrogen-bond donors (Lipinski definition) is 2. The highest BCUT2D eigenvalue weighted by molar-refractivity contribution is 5.74. The van der Waals surface area contributed by atoms with Crippen LogP contribution >= 0.6 is 0 Å². The van der Waals surface area contributed by atoms with E-state index in [0.29, 0.717) is 12.1 Å². The van der Waals surface area contributed by atoms with Gasteiger partial charge >= 0.3 is 0 Å². The third kappa shape index (κ3) is 3.64. The van der Waals surface area contributed by atoms with Crippen LogP contribution in [-0.2, 0) is 13.0 Å².